The SMILES string of the molecule is CCCCCCN(CCCCCC)c1cc(C#C[Si](C)(C)C)ccc1C#Cc1ccccc1. The lowest BCUT2D eigenvalue weighted by Crippen LogP contribution is -2.26. The first-order chi connectivity index (χ1) is 15.9. The minimum atomic E-state index is -1.42. The van der Waals surface area contributed by atoms with Gasteiger partial charge in [0.05, 0.1) is 5.69 Å². The van der Waals surface area contributed by atoms with E-state index in [-0.39, 0.29) is 0 Å². The summed E-state index contributed by atoms with van der Waals surface area (Å²) in [4.78, 5) is 2.58. The number of hydrogen-bond acceptors (Lipinski definition) is 1. The molecule has 2 heteroatoms. The third-order valence-electron chi connectivity index (χ3n) is 5.60. The fourth-order valence-corrected chi connectivity index (χ4v) is 4.23. The Bertz CT molecular complexity index is 936. The molecule has 0 N–H and O–H groups in total. The van der Waals surface area contributed by atoms with Gasteiger partial charge >= 0.3 is 0 Å². The molecule has 0 aliphatic carbocycles. The molecule has 0 saturated carbocycles. The number of unbranched alkanes of at least 4 members (excludes halogenated alkanes) is 6. The van der Waals surface area contributed by atoms with Crippen molar-refractivity contribution in [2.45, 2.75) is 84.9 Å². The van der Waals surface area contributed by atoms with E-state index < -0.39 is 8.07 Å². The molecule has 1 nitrogen and oxygen atoms in total. The number of hydrogen-bond donors (Lipinski definition) is 0. The number of rotatable bonds is 11. The lowest BCUT2D eigenvalue weighted by molar-refractivity contribution is 0.608. The van der Waals surface area contributed by atoms with E-state index in [9.17, 15) is 0 Å². The van der Waals surface area contributed by atoms with Crippen molar-refractivity contribution in [1.29, 1.82) is 0 Å². The fraction of sp³-hybridized carbons (Fsp3) is 0.484. The summed E-state index contributed by atoms with van der Waals surface area (Å²) in [6.07, 6.45) is 10.2. The standard InChI is InChI=1S/C31H43NSi/c1-6-8-10-15-24-32(25-16-11-9-7-2)31-27-29(23-26-33(3,4)5)20-22-30(31)21-19-28-17-13-12-14-18-28/h12-14,17-18,20,22,27H,6-11,15-16,24-25H2,1-5H3. The minimum Gasteiger partial charge on any atom is -0.370 e. The summed E-state index contributed by atoms with van der Waals surface area (Å²) in [6, 6.07) is 16.9. The van der Waals surface area contributed by atoms with Crippen LogP contribution in [0.5, 0.6) is 0 Å². The van der Waals surface area contributed by atoms with Crippen LogP contribution >= 0.6 is 0 Å². The third-order valence-corrected chi connectivity index (χ3v) is 6.47. The van der Waals surface area contributed by atoms with Gasteiger partial charge in [-0.15, -0.1) is 5.54 Å². The first-order valence-electron chi connectivity index (χ1n) is 12.9. The normalized spacial score (nSPS) is 10.7. The van der Waals surface area contributed by atoms with Crippen molar-refractivity contribution in [2.75, 3.05) is 18.0 Å². The van der Waals surface area contributed by atoms with Crippen LogP contribution in [-0.4, -0.2) is 21.2 Å². The van der Waals surface area contributed by atoms with Crippen LogP contribution in [0.25, 0.3) is 0 Å². The van der Waals surface area contributed by atoms with Gasteiger partial charge < -0.3 is 4.90 Å². The second kappa shape index (κ2) is 14.7. The zero-order chi connectivity index (χ0) is 23.9. The molecule has 0 fully saturated rings. The molecule has 0 saturated heterocycles. The van der Waals surface area contributed by atoms with E-state index in [1.807, 2.05) is 18.2 Å². The van der Waals surface area contributed by atoms with Gasteiger partial charge in [0.15, 0.2) is 0 Å². The van der Waals surface area contributed by atoms with Crippen molar-refractivity contribution in [3.05, 3.63) is 65.2 Å². The highest BCUT2D eigenvalue weighted by Gasteiger charge is 2.12. The first kappa shape index (κ1) is 26.8. The molecule has 176 valence electrons. The van der Waals surface area contributed by atoms with E-state index in [0.29, 0.717) is 0 Å². The Kier molecular flexibility index (Phi) is 11.9. The highest BCUT2D eigenvalue weighted by atomic mass is 28.3. The van der Waals surface area contributed by atoms with E-state index in [4.69, 9.17) is 0 Å². The van der Waals surface area contributed by atoms with Crippen LogP contribution in [0.4, 0.5) is 5.69 Å². The van der Waals surface area contributed by atoms with Crippen molar-refractivity contribution in [3.63, 3.8) is 0 Å². The summed E-state index contributed by atoms with van der Waals surface area (Å²) in [5.74, 6) is 10.3. The fourth-order valence-electron chi connectivity index (χ4n) is 3.71. The Morgan fingerprint density at radius 1 is 0.667 bits per heavy atom. The van der Waals surface area contributed by atoms with Crippen molar-refractivity contribution >= 4 is 13.8 Å². The smallest absolute Gasteiger partial charge is 0.129 e. The molecule has 0 aromatic heterocycles. The molecular formula is C31H43NSi. The van der Waals surface area contributed by atoms with Crippen LogP contribution in [0.1, 0.15) is 81.9 Å². The Morgan fingerprint density at radius 3 is 1.88 bits per heavy atom. The molecule has 0 bridgehead atoms. The Labute approximate surface area is 205 Å². The molecule has 2 aromatic carbocycles. The third kappa shape index (κ3) is 10.8. The molecule has 2 rings (SSSR count). The van der Waals surface area contributed by atoms with Gasteiger partial charge in [-0.2, -0.15) is 0 Å². The molecule has 0 unspecified atom stereocenters. The van der Waals surface area contributed by atoms with Crippen molar-refractivity contribution in [2.24, 2.45) is 0 Å². The quantitative estimate of drug-likeness (QED) is 0.186. The monoisotopic (exact) mass is 457 g/mol. The van der Waals surface area contributed by atoms with Crippen LogP contribution in [0.3, 0.4) is 0 Å². The maximum Gasteiger partial charge on any atom is 0.129 e. The topological polar surface area (TPSA) is 3.24 Å². The maximum atomic E-state index is 3.54. The maximum absolute atomic E-state index is 3.54. The van der Waals surface area contributed by atoms with Gasteiger partial charge in [-0.3, -0.25) is 0 Å². The van der Waals surface area contributed by atoms with Crippen LogP contribution in [-0.2, 0) is 0 Å². The Balaban J connectivity index is 2.40. The minimum absolute atomic E-state index is 1.06. The predicted molar refractivity (Wildman–Crippen MR) is 150 cm³/mol. The van der Waals surface area contributed by atoms with Gasteiger partial charge in [0, 0.05) is 29.8 Å². The van der Waals surface area contributed by atoms with Gasteiger partial charge in [-0.1, -0.05) is 108 Å². The van der Waals surface area contributed by atoms with Crippen molar-refractivity contribution in [3.8, 4) is 23.3 Å². The van der Waals surface area contributed by atoms with Gasteiger partial charge in [0.1, 0.15) is 8.07 Å². The Morgan fingerprint density at radius 2 is 1.30 bits per heavy atom. The van der Waals surface area contributed by atoms with Crippen molar-refractivity contribution in [1.82, 2.24) is 0 Å². The van der Waals surface area contributed by atoms with E-state index in [0.717, 1.165) is 29.8 Å². The molecule has 0 amide bonds. The van der Waals surface area contributed by atoms with E-state index in [2.05, 4.69) is 92.0 Å². The molecule has 0 aliphatic heterocycles. The number of anilines is 1. The molecule has 0 radical (unpaired) electrons. The molecule has 0 atom stereocenters. The summed E-state index contributed by atoms with van der Waals surface area (Å²) in [7, 11) is -1.42. The highest BCUT2D eigenvalue weighted by molar-refractivity contribution is 6.83. The number of nitrogens with zero attached hydrogens (tertiary/aromatic N) is 1. The Hall–Kier alpha value is -2.42. The van der Waals surface area contributed by atoms with Crippen LogP contribution in [0, 0.1) is 23.3 Å². The van der Waals surface area contributed by atoms with Crippen LogP contribution in [0.15, 0.2) is 48.5 Å². The average Bonchev–Trinajstić information content (AvgIpc) is 2.81. The second-order valence-corrected chi connectivity index (χ2v) is 14.7. The van der Waals surface area contributed by atoms with Crippen molar-refractivity contribution < 1.29 is 0 Å². The van der Waals surface area contributed by atoms with Gasteiger partial charge in [0.25, 0.3) is 0 Å². The van der Waals surface area contributed by atoms with Gasteiger partial charge in [-0.25, -0.2) is 0 Å². The summed E-state index contributed by atoms with van der Waals surface area (Å²) >= 11 is 0. The lowest BCUT2D eigenvalue weighted by Gasteiger charge is -2.26. The lowest BCUT2D eigenvalue weighted by atomic mass is 10.1. The highest BCUT2D eigenvalue weighted by Crippen LogP contribution is 2.24. The molecule has 2 aromatic rings. The second-order valence-electron chi connectivity index (χ2n) is 9.96. The van der Waals surface area contributed by atoms with Gasteiger partial charge in [0.2, 0.25) is 0 Å². The van der Waals surface area contributed by atoms with E-state index in [1.54, 1.807) is 0 Å². The van der Waals surface area contributed by atoms with Crippen LogP contribution in [0.2, 0.25) is 19.6 Å². The van der Waals surface area contributed by atoms with E-state index >= 15 is 0 Å². The predicted octanol–water partition coefficient (Wildman–Crippen LogP) is 8.28. The molecule has 0 heterocycles. The molecule has 33 heavy (non-hydrogen) atoms. The zero-order valence-electron chi connectivity index (χ0n) is 21.6. The van der Waals surface area contributed by atoms with Gasteiger partial charge in [-0.05, 0) is 43.2 Å². The first-order valence-corrected chi connectivity index (χ1v) is 16.4. The summed E-state index contributed by atoms with van der Waals surface area (Å²) in [5.41, 5.74) is 8.08. The summed E-state index contributed by atoms with van der Waals surface area (Å²) in [6.45, 7) is 13.6. The molecule has 0 aliphatic rings. The van der Waals surface area contributed by atoms with E-state index in [1.165, 1.54) is 57.1 Å². The average molecular weight is 458 g/mol. The molecular weight excluding hydrogens is 414 g/mol. The molecule has 0 spiro atoms. The zero-order valence-corrected chi connectivity index (χ0v) is 22.6. The largest absolute Gasteiger partial charge is 0.370 e. The van der Waals surface area contributed by atoms with Crippen LogP contribution < -0.4 is 4.90 Å². The number of benzene rings is 2. The summed E-state index contributed by atoms with van der Waals surface area (Å²) in [5, 5.41) is 0. The summed E-state index contributed by atoms with van der Waals surface area (Å²) < 4.78 is 0.